The molecule has 1 fully saturated rings. The number of hydrogen-bond acceptors (Lipinski definition) is 7. The molecule has 28 heavy (non-hydrogen) atoms. The lowest BCUT2D eigenvalue weighted by molar-refractivity contribution is -0.0453. The van der Waals surface area contributed by atoms with Gasteiger partial charge in [-0.2, -0.15) is 0 Å². The maximum Gasteiger partial charge on any atom is 0.330 e. The molecule has 1 aliphatic carbocycles. The summed E-state index contributed by atoms with van der Waals surface area (Å²) in [6, 6.07) is 0. The number of nitrogens with one attached hydrogen (secondary N) is 1. The second kappa shape index (κ2) is 7.61. The van der Waals surface area contributed by atoms with E-state index in [4.69, 9.17) is 4.74 Å². The summed E-state index contributed by atoms with van der Waals surface area (Å²) in [5.74, 6) is 0. The summed E-state index contributed by atoms with van der Waals surface area (Å²) in [7, 11) is 0. The van der Waals surface area contributed by atoms with Crippen molar-refractivity contribution in [2.24, 2.45) is 0 Å². The fourth-order valence-electron chi connectivity index (χ4n) is 3.98. The predicted octanol–water partition coefficient (Wildman–Crippen LogP) is -0.585. The Balaban J connectivity index is 1.57. The van der Waals surface area contributed by atoms with Gasteiger partial charge >= 0.3 is 5.69 Å². The van der Waals surface area contributed by atoms with Gasteiger partial charge in [-0.05, 0) is 32.6 Å². The minimum atomic E-state index is -1.31. The van der Waals surface area contributed by atoms with Gasteiger partial charge in [0.15, 0.2) is 6.23 Å². The van der Waals surface area contributed by atoms with Gasteiger partial charge in [-0.15, -0.1) is 5.10 Å². The van der Waals surface area contributed by atoms with Crippen molar-refractivity contribution in [3.63, 3.8) is 0 Å². The van der Waals surface area contributed by atoms with Gasteiger partial charge in [0.1, 0.15) is 18.3 Å². The lowest BCUT2D eigenvalue weighted by atomic mass is 10.0. The SMILES string of the molecule is Cc1cn([C@@H]2O[C@H](Cn3nnc4c3CCCCCC4)[C@@H](O)[C@H]2O)c(=O)[nH]c1=O. The number of rotatable bonds is 3. The second-order valence-electron chi connectivity index (χ2n) is 7.60. The van der Waals surface area contributed by atoms with Crippen LogP contribution in [0.1, 0.15) is 48.9 Å². The first-order valence-electron chi connectivity index (χ1n) is 9.70. The molecule has 0 aromatic carbocycles. The van der Waals surface area contributed by atoms with Crippen LogP contribution in [0.2, 0.25) is 0 Å². The molecule has 1 aliphatic heterocycles. The van der Waals surface area contributed by atoms with Gasteiger partial charge in [-0.1, -0.05) is 18.1 Å². The molecule has 0 saturated carbocycles. The Morgan fingerprint density at radius 1 is 1.18 bits per heavy atom. The topological polar surface area (TPSA) is 135 Å². The van der Waals surface area contributed by atoms with Crippen LogP contribution in [0.4, 0.5) is 0 Å². The predicted molar refractivity (Wildman–Crippen MR) is 97.9 cm³/mol. The van der Waals surface area contributed by atoms with Gasteiger partial charge in [0.05, 0.1) is 17.9 Å². The van der Waals surface area contributed by atoms with E-state index >= 15 is 0 Å². The van der Waals surface area contributed by atoms with E-state index in [-0.39, 0.29) is 6.54 Å². The average Bonchev–Trinajstić information content (AvgIpc) is 3.13. The number of fused-ring (bicyclic) bond motifs is 1. The molecule has 3 N–H and O–H groups in total. The minimum absolute atomic E-state index is 0.230. The van der Waals surface area contributed by atoms with E-state index in [1.54, 1.807) is 11.6 Å². The van der Waals surface area contributed by atoms with Crippen LogP contribution in [0.5, 0.6) is 0 Å². The van der Waals surface area contributed by atoms with Gasteiger partial charge in [-0.3, -0.25) is 14.3 Å². The highest BCUT2D eigenvalue weighted by molar-refractivity contribution is 5.12. The van der Waals surface area contributed by atoms with E-state index in [9.17, 15) is 19.8 Å². The van der Waals surface area contributed by atoms with Crippen LogP contribution >= 0.6 is 0 Å². The Bertz CT molecular complexity index is 964. The van der Waals surface area contributed by atoms with Crippen LogP contribution < -0.4 is 11.2 Å². The number of aromatic amines is 1. The van der Waals surface area contributed by atoms with Gasteiger partial charge in [-0.25, -0.2) is 9.48 Å². The van der Waals surface area contributed by atoms with Crippen molar-refractivity contribution >= 4 is 0 Å². The van der Waals surface area contributed by atoms with E-state index < -0.39 is 35.8 Å². The first kappa shape index (κ1) is 19.0. The average molecular weight is 391 g/mol. The fourth-order valence-corrected chi connectivity index (χ4v) is 3.98. The van der Waals surface area contributed by atoms with Gasteiger partial charge in [0.25, 0.3) is 5.56 Å². The summed E-state index contributed by atoms with van der Waals surface area (Å²) in [4.78, 5) is 25.9. The van der Waals surface area contributed by atoms with Gasteiger partial charge < -0.3 is 14.9 Å². The third-order valence-electron chi connectivity index (χ3n) is 5.61. The van der Waals surface area contributed by atoms with Gasteiger partial charge in [0, 0.05) is 11.8 Å². The highest BCUT2D eigenvalue weighted by atomic mass is 16.6. The molecule has 10 heteroatoms. The summed E-state index contributed by atoms with van der Waals surface area (Å²) in [5, 5.41) is 29.4. The molecule has 10 nitrogen and oxygen atoms in total. The van der Waals surface area contributed by atoms with E-state index in [0.29, 0.717) is 5.56 Å². The molecule has 152 valence electrons. The standard InChI is InChI=1S/C18H25N5O5/c1-10-8-22(18(27)19-16(10)26)17-15(25)14(24)13(28-17)9-23-12-7-5-3-2-4-6-11(12)20-21-23/h8,13-15,17,24-25H,2-7,9H2,1H3,(H,19,26,27)/t13-,14-,15-,17-/m1/s1. The molecule has 1 saturated heterocycles. The summed E-state index contributed by atoms with van der Waals surface area (Å²) < 4.78 is 8.67. The van der Waals surface area contributed by atoms with Crippen molar-refractivity contribution in [1.29, 1.82) is 0 Å². The molecule has 2 aliphatic rings. The molecule has 0 radical (unpaired) electrons. The third kappa shape index (κ3) is 3.43. The molecule has 0 unspecified atom stereocenters. The summed E-state index contributed by atoms with van der Waals surface area (Å²) in [6.45, 7) is 1.78. The first-order valence-corrected chi connectivity index (χ1v) is 9.70. The maximum absolute atomic E-state index is 12.1. The Morgan fingerprint density at radius 2 is 1.93 bits per heavy atom. The van der Waals surface area contributed by atoms with E-state index in [0.717, 1.165) is 41.6 Å². The highest BCUT2D eigenvalue weighted by Gasteiger charge is 2.44. The molecule has 0 spiro atoms. The number of aliphatic hydroxyl groups is 2. The lowest BCUT2D eigenvalue weighted by Crippen LogP contribution is -2.38. The molecule has 2 aromatic heterocycles. The van der Waals surface area contributed by atoms with Crippen molar-refractivity contribution in [3.8, 4) is 0 Å². The van der Waals surface area contributed by atoms with Crippen LogP contribution in [0.25, 0.3) is 0 Å². The number of nitrogens with zero attached hydrogens (tertiary/aromatic N) is 4. The third-order valence-corrected chi connectivity index (χ3v) is 5.61. The molecule has 4 atom stereocenters. The number of aryl methyl sites for hydroxylation is 2. The highest BCUT2D eigenvalue weighted by Crippen LogP contribution is 2.30. The van der Waals surface area contributed by atoms with Crippen LogP contribution in [0, 0.1) is 6.92 Å². The fraction of sp³-hybridized carbons (Fsp3) is 0.667. The Hall–Kier alpha value is -2.30. The number of ether oxygens (including phenoxy) is 1. The monoisotopic (exact) mass is 391 g/mol. The molecule has 4 rings (SSSR count). The van der Waals surface area contributed by atoms with Crippen molar-refractivity contribution in [1.82, 2.24) is 24.5 Å². The van der Waals surface area contributed by atoms with Crippen molar-refractivity contribution < 1.29 is 14.9 Å². The number of hydrogen-bond donors (Lipinski definition) is 3. The quantitative estimate of drug-likeness (QED) is 0.637. The zero-order valence-electron chi connectivity index (χ0n) is 15.7. The van der Waals surface area contributed by atoms with Crippen molar-refractivity contribution in [2.45, 2.75) is 76.5 Å². The molecular formula is C18H25N5O5. The summed E-state index contributed by atoms with van der Waals surface area (Å²) >= 11 is 0. The summed E-state index contributed by atoms with van der Waals surface area (Å²) in [5.41, 5.74) is 1.15. The smallest absolute Gasteiger partial charge is 0.330 e. The van der Waals surface area contributed by atoms with E-state index in [1.165, 1.54) is 19.0 Å². The summed E-state index contributed by atoms with van der Waals surface area (Å²) in [6.07, 6.45) is 3.25. The Kier molecular flexibility index (Phi) is 5.17. The zero-order valence-corrected chi connectivity index (χ0v) is 15.7. The van der Waals surface area contributed by atoms with Crippen molar-refractivity contribution in [2.75, 3.05) is 0 Å². The molecule has 0 bridgehead atoms. The van der Waals surface area contributed by atoms with Gasteiger partial charge in [0.2, 0.25) is 0 Å². The van der Waals surface area contributed by atoms with Crippen LogP contribution in [-0.4, -0.2) is 53.1 Å². The number of aliphatic hydroxyl groups excluding tert-OH is 2. The second-order valence-corrected chi connectivity index (χ2v) is 7.60. The van der Waals surface area contributed by atoms with Crippen LogP contribution in [-0.2, 0) is 24.1 Å². The lowest BCUT2D eigenvalue weighted by Gasteiger charge is -2.18. The largest absolute Gasteiger partial charge is 0.387 e. The van der Waals surface area contributed by atoms with Crippen molar-refractivity contribution in [3.05, 3.63) is 44.0 Å². The van der Waals surface area contributed by atoms with E-state index in [1.807, 2.05) is 0 Å². The maximum atomic E-state index is 12.1. The zero-order chi connectivity index (χ0) is 19.8. The molecule has 0 amide bonds. The molecule has 3 heterocycles. The number of H-pyrrole nitrogens is 1. The van der Waals surface area contributed by atoms with Crippen LogP contribution in [0.15, 0.2) is 15.8 Å². The van der Waals surface area contributed by atoms with E-state index in [2.05, 4.69) is 15.3 Å². The Morgan fingerprint density at radius 3 is 2.71 bits per heavy atom. The molecular weight excluding hydrogens is 366 g/mol. The Labute approximate surface area is 160 Å². The number of aromatic nitrogens is 5. The minimum Gasteiger partial charge on any atom is -0.387 e. The van der Waals surface area contributed by atoms with Crippen LogP contribution in [0.3, 0.4) is 0 Å². The molecule has 2 aromatic rings. The first-order chi connectivity index (χ1) is 13.5. The normalized spacial score (nSPS) is 28.0.